The molecule has 1 heterocycles. The van der Waals surface area contributed by atoms with Crippen molar-refractivity contribution in [1.29, 1.82) is 0 Å². The molecule has 0 aromatic carbocycles. The van der Waals surface area contributed by atoms with Crippen molar-refractivity contribution in [2.24, 2.45) is 22.7 Å². The monoisotopic (exact) mass is 342 g/mol. The van der Waals surface area contributed by atoms with E-state index >= 15 is 0 Å². The molecule has 3 fully saturated rings. The number of fused-ring (bicyclic) bond motifs is 6. The van der Waals surface area contributed by atoms with E-state index in [0.29, 0.717) is 18.3 Å². The molecule has 3 nitrogen and oxygen atoms in total. The van der Waals surface area contributed by atoms with E-state index in [2.05, 4.69) is 26.0 Å². The molecule has 0 aromatic rings. The highest BCUT2D eigenvalue weighted by Crippen LogP contribution is 2.68. The van der Waals surface area contributed by atoms with E-state index in [1.54, 1.807) is 5.57 Å². The molecule has 1 saturated heterocycles. The van der Waals surface area contributed by atoms with Gasteiger partial charge in [0.05, 0.1) is 6.10 Å². The SMILES string of the molecule is C[C@]12CCC(O)C=C1CCC1C2=CC[C@@]2(C)C1CC[C@@]21CCC(=O)O1. The summed E-state index contributed by atoms with van der Waals surface area (Å²) < 4.78 is 6.00. The second-order valence-corrected chi connectivity index (χ2v) is 9.67. The lowest BCUT2D eigenvalue weighted by Gasteiger charge is -2.55. The second-order valence-electron chi connectivity index (χ2n) is 9.67. The van der Waals surface area contributed by atoms with Gasteiger partial charge >= 0.3 is 5.97 Å². The zero-order chi connectivity index (χ0) is 17.4. The van der Waals surface area contributed by atoms with Gasteiger partial charge in [-0.2, -0.15) is 0 Å². The van der Waals surface area contributed by atoms with Crippen molar-refractivity contribution in [3.05, 3.63) is 23.3 Å². The van der Waals surface area contributed by atoms with Crippen molar-refractivity contribution in [3.63, 3.8) is 0 Å². The number of hydrogen-bond donors (Lipinski definition) is 1. The van der Waals surface area contributed by atoms with Gasteiger partial charge in [-0.05, 0) is 63.2 Å². The summed E-state index contributed by atoms with van der Waals surface area (Å²) in [5.74, 6) is 1.29. The minimum absolute atomic E-state index is 0.0127. The predicted molar refractivity (Wildman–Crippen MR) is 95.7 cm³/mol. The maximum absolute atomic E-state index is 11.9. The molecule has 5 aliphatic rings. The first kappa shape index (κ1) is 16.1. The normalized spacial score (nSPS) is 51.3. The second kappa shape index (κ2) is 5.00. The van der Waals surface area contributed by atoms with Crippen molar-refractivity contribution in [3.8, 4) is 0 Å². The van der Waals surface area contributed by atoms with Crippen LogP contribution in [0.25, 0.3) is 0 Å². The summed E-state index contributed by atoms with van der Waals surface area (Å²) in [4.78, 5) is 11.9. The Morgan fingerprint density at radius 3 is 2.72 bits per heavy atom. The highest BCUT2D eigenvalue weighted by molar-refractivity contribution is 5.72. The van der Waals surface area contributed by atoms with Crippen molar-refractivity contribution >= 4 is 5.97 Å². The summed E-state index contributed by atoms with van der Waals surface area (Å²) in [6.45, 7) is 4.81. The smallest absolute Gasteiger partial charge is 0.306 e. The molecule has 6 atom stereocenters. The Hall–Kier alpha value is -1.09. The van der Waals surface area contributed by atoms with E-state index < -0.39 is 0 Å². The standard InChI is InChI=1S/C22H30O3/c1-20-9-5-15(23)13-14(20)3-4-16-17(20)6-10-21(2)18(16)7-11-22(21)12-8-19(24)25-22/h6,13,15-16,18,23H,3-5,7-12H2,1-2H3/t15?,16?,18?,20-,21-,22+/m0/s1. The molecule has 0 radical (unpaired) electrons. The van der Waals surface area contributed by atoms with Gasteiger partial charge < -0.3 is 9.84 Å². The van der Waals surface area contributed by atoms with E-state index in [-0.39, 0.29) is 28.5 Å². The quantitative estimate of drug-likeness (QED) is 0.527. The van der Waals surface area contributed by atoms with Crippen molar-refractivity contribution < 1.29 is 14.6 Å². The average molecular weight is 342 g/mol. The summed E-state index contributed by atoms with van der Waals surface area (Å²) in [6.07, 6.45) is 13.5. The van der Waals surface area contributed by atoms with Gasteiger partial charge in [0, 0.05) is 17.3 Å². The molecule has 3 unspecified atom stereocenters. The molecular weight excluding hydrogens is 312 g/mol. The zero-order valence-electron chi connectivity index (χ0n) is 15.5. The van der Waals surface area contributed by atoms with Gasteiger partial charge in [0.2, 0.25) is 0 Å². The first-order valence-electron chi connectivity index (χ1n) is 10.2. The number of rotatable bonds is 0. The highest BCUT2D eigenvalue weighted by atomic mass is 16.6. The van der Waals surface area contributed by atoms with E-state index in [9.17, 15) is 9.90 Å². The fourth-order valence-corrected chi connectivity index (χ4v) is 7.29. The van der Waals surface area contributed by atoms with Crippen LogP contribution in [0.4, 0.5) is 0 Å². The van der Waals surface area contributed by atoms with E-state index in [4.69, 9.17) is 4.74 Å². The van der Waals surface area contributed by atoms with Crippen LogP contribution in [0.3, 0.4) is 0 Å². The molecular formula is C22H30O3. The number of carbonyl (C=O) groups is 1. The minimum atomic E-state index is -0.248. The summed E-state index contributed by atoms with van der Waals surface area (Å²) in [5.41, 5.74) is 3.18. The maximum Gasteiger partial charge on any atom is 0.306 e. The maximum atomic E-state index is 11.9. The van der Waals surface area contributed by atoms with Crippen molar-refractivity contribution in [2.45, 2.75) is 83.3 Å². The molecule has 1 spiro atoms. The van der Waals surface area contributed by atoms with E-state index in [1.807, 2.05) is 0 Å². The Morgan fingerprint density at radius 2 is 1.96 bits per heavy atom. The number of ether oxygens (including phenoxy) is 1. The van der Waals surface area contributed by atoms with Crippen molar-refractivity contribution in [2.75, 3.05) is 0 Å². The summed E-state index contributed by atoms with van der Waals surface area (Å²) in [6, 6.07) is 0. The zero-order valence-corrected chi connectivity index (χ0v) is 15.5. The topological polar surface area (TPSA) is 46.5 Å². The molecule has 3 heteroatoms. The summed E-state index contributed by atoms with van der Waals surface area (Å²) in [7, 11) is 0. The largest absolute Gasteiger partial charge is 0.458 e. The van der Waals surface area contributed by atoms with Gasteiger partial charge in [0.15, 0.2) is 0 Å². The van der Waals surface area contributed by atoms with Gasteiger partial charge in [-0.15, -0.1) is 0 Å². The van der Waals surface area contributed by atoms with Gasteiger partial charge in [-0.25, -0.2) is 0 Å². The lowest BCUT2D eigenvalue weighted by atomic mass is 9.50. The minimum Gasteiger partial charge on any atom is -0.458 e. The number of hydrogen-bond acceptors (Lipinski definition) is 3. The third kappa shape index (κ3) is 1.94. The lowest BCUT2D eigenvalue weighted by Crippen LogP contribution is -2.50. The number of carbonyl (C=O) groups excluding carboxylic acids is 1. The molecule has 1 aliphatic heterocycles. The highest BCUT2D eigenvalue weighted by Gasteiger charge is 2.65. The van der Waals surface area contributed by atoms with Crippen molar-refractivity contribution in [1.82, 2.24) is 0 Å². The first-order valence-corrected chi connectivity index (χ1v) is 10.2. The van der Waals surface area contributed by atoms with Gasteiger partial charge in [-0.3, -0.25) is 4.79 Å². The third-order valence-corrected chi connectivity index (χ3v) is 8.80. The number of allylic oxidation sites excluding steroid dienone is 3. The Kier molecular flexibility index (Phi) is 3.22. The molecule has 0 amide bonds. The van der Waals surface area contributed by atoms with Gasteiger partial charge in [0.25, 0.3) is 0 Å². The average Bonchev–Trinajstić information content (AvgIpc) is 3.10. The first-order chi connectivity index (χ1) is 11.9. The van der Waals surface area contributed by atoms with E-state index in [0.717, 1.165) is 38.5 Å². The molecule has 4 aliphatic carbocycles. The van der Waals surface area contributed by atoms with Crippen LogP contribution >= 0.6 is 0 Å². The van der Waals surface area contributed by atoms with Gasteiger partial charge in [0.1, 0.15) is 5.60 Å². The van der Waals surface area contributed by atoms with Crippen LogP contribution in [0, 0.1) is 22.7 Å². The van der Waals surface area contributed by atoms with Crippen LogP contribution in [0.5, 0.6) is 0 Å². The number of aliphatic hydroxyl groups is 1. The van der Waals surface area contributed by atoms with Crippen LogP contribution in [0.2, 0.25) is 0 Å². The Morgan fingerprint density at radius 1 is 1.12 bits per heavy atom. The van der Waals surface area contributed by atoms with Gasteiger partial charge in [-0.1, -0.05) is 37.1 Å². The lowest BCUT2D eigenvalue weighted by molar-refractivity contribution is -0.160. The Labute approximate surface area is 150 Å². The summed E-state index contributed by atoms with van der Waals surface area (Å²) in [5, 5.41) is 10.1. The third-order valence-electron chi connectivity index (χ3n) is 8.80. The Bertz CT molecular complexity index is 691. The number of esters is 1. The molecule has 0 bridgehead atoms. The Balaban J connectivity index is 1.54. The predicted octanol–water partition coefficient (Wildman–Crippen LogP) is 4.31. The van der Waals surface area contributed by atoms with Crippen LogP contribution in [-0.4, -0.2) is 22.8 Å². The fourth-order valence-electron chi connectivity index (χ4n) is 7.29. The molecule has 1 N–H and O–H groups in total. The van der Waals surface area contributed by atoms with E-state index in [1.165, 1.54) is 18.4 Å². The molecule has 2 saturated carbocycles. The molecule has 5 rings (SSSR count). The van der Waals surface area contributed by atoms with Crippen LogP contribution in [-0.2, 0) is 9.53 Å². The molecule has 0 aromatic heterocycles. The molecule has 25 heavy (non-hydrogen) atoms. The van der Waals surface area contributed by atoms with Crippen LogP contribution < -0.4 is 0 Å². The van der Waals surface area contributed by atoms with Crippen LogP contribution in [0.15, 0.2) is 23.3 Å². The molecule has 136 valence electrons. The van der Waals surface area contributed by atoms with Crippen LogP contribution in [0.1, 0.15) is 71.6 Å². The number of aliphatic hydroxyl groups excluding tert-OH is 1. The summed E-state index contributed by atoms with van der Waals surface area (Å²) >= 11 is 0. The fraction of sp³-hybridized carbons (Fsp3) is 0.773.